The number of hydrogen-bond donors (Lipinski definition) is 1. The average Bonchev–Trinajstić information content (AvgIpc) is 2.87. The summed E-state index contributed by atoms with van der Waals surface area (Å²) in [5.74, 6) is 0.333. The zero-order valence-electron chi connectivity index (χ0n) is 23.2. The van der Waals surface area contributed by atoms with Crippen LogP contribution in [-0.4, -0.2) is 59.7 Å². The number of rotatable bonds is 11. The van der Waals surface area contributed by atoms with Gasteiger partial charge in [0.15, 0.2) is 5.16 Å². The predicted octanol–water partition coefficient (Wildman–Crippen LogP) is 4.95. The van der Waals surface area contributed by atoms with E-state index in [9.17, 15) is 9.59 Å². The highest BCUT2D eigenvalue weighted by molar-refractivity contribution is 7.99. The van der Waals surface area contributed by atoms with Crippen LogP contribution in [0.2, 0.25) is 0 Å². The molecule has 0 radical (unpaired) electrons. The molecule has 3 aromatic rings. The molecule has 9 heteroatoms. The van der Waals surface area contributed by atoms with Crippen molar-refractivity contribution in [1.82, 2.24) is 14.9 Å². The van der Waals surface area contributed by atoms with Crippen molar-refractivity contribution in [1.29, 1.82) is 0 Å². The Labute approximate surface area is 229 Å². The number of ether oxygens (including phenoxy) is 1. The molecular weight excluding hydrogens is 498 g/mol. The molecule has 1 N–H and O–H groups in total. The van der Waals surface area contributed by atoms with E-state index in [0.717, 1.165) is 28.4 Å². The van der Waals surface area contributed by atoms with Crippen molar-refractivity contribution in [3.8, 4) is 5.75 Å². The van der Waals surface area contributed by atoms with Gasteiger partial charge >= 0.3 is 0 Å². The second kappa shape index (κ2) is 13.3. The number of carbonyl (C=O) groups is 2. The summed E-state index contributed by atoms with van der Waals surface area (Å²) in [6, 6.07) is 16.4. The molecule has 0 fully saturated rings. The van der Waals surface area contributed by atoms with E-state index in [0.29, 0.717) is 10.8 Å². The van der Waals surface area contributed by atoms with Gasteiger partial charge in [-0.25, -0.2) is 9.97 Å². The third kappa shape index (κ3) is 7.95. The first-order valence-electron chi connectivity index (χ1n) is 12.5. The Morgan fingerprint density at radius 3 is 2.11 bits per heavy atom. The third-order valence-corrected chi connectivity index (χ3v) is 6.84. The van der Waals surface area contributed by atoms with E-state index < -0.39 is 6.04 Å². The lowest BCUT2D eigenvalue weighted by Crippen LogP contribution is -2.50. The van der Waals surface area contributed by atoms with Crippen LogP contribution in [0.5, 0.6) is 5.75 Å². The number of carbonyl (C=O) groups excluding carboxylic acids is 2. The largest absolute Gasteiger partial charge is 0.497 e. The average molecular weight is 536 g/mol. The van der Waals surface area contributed by atoms with Crippen molar-refractivity contribution < 1.29 is 14.3 Å². The van der Waals surface area contributed by atoms with Gasteiger partial charge in [0.05, 0.1) is 12.9 Å². The maximum atomic E-state index is 13.7. The van der Waals surface area contributed by atoms with Crippen molar-refractivity contribution in [3.63, 3.8) is 0 Å². The monoisotopic (exact) mass is 535 g/mol. The van der Waals surface area contributed by atoms with Crippen LogP contribution in [-0.2, 0) is 16.1 Å². The van der Waals surface area contributed by atoms with Gasteiger partial charge in [0, 0.05) is 43.4 Å². The van der Waals surface area contributed by atoms with E-state index in [4.69, 9.17) is 4.74 Å². The van der Waals surface area contributed by atoms with Crippen LogP contribution in [0.3, 0.4) is 0 Å². The summed E-state index contributed by atoms with van der Waals surface area (Å²) in [6.07, 6.45) is 0. The number of thioether (sulfide) groups is 1. The Balaban J connectivity index is 1.86. The Morgan fingerprint density at radius 2 is 1.58 bits per heavy atom. The Bertz CT molecular complexity index is 1210. The Kier molecular flexibility index (Phi) is 10.1. The highest BCUT2D eigenvalue weighted by atomic mass is 32.2. The number of hydrogen-bond acceptors (Lipinski definition) is 7. The molecule has 0 aliphatic heterocycles. The van der Waals surface area contributed by atoms with Crippen molar-refractivity contribution in [2.75, 3.05) is 37.2 Å². The molecule has 0 aliphatic carbocycles. The number of anilines is 2. The number of benzene rings is 2. The lowest BCUT2D eigenvalue weighted by Gasteiger charge is -2.33. The van der Waals surface area contributed by atoms with Crippen LogP contribution in [0.1, 0.15) is 30.8 Å². The van der Waals surface area contributed by atoms with Crippen molar-refractivity contribution in [2.24, 2.45) is 5.92 Å². The fraction of sp³-hybridized carbons (Fsp3) is 0.379. The van der Waals surface area contributed by atoms with E-state index in [1.807, 2.05) is 101 Å². The van der Waals surface area contributed by atoms with Crippen molar-refractivity contribution in [3.05, 3.63) is 71.5 Å². The van der Waals surface area contributed by atoms with Crippen molar-refractivity contribution in [2.45, 2.75) is 45.4 Å². The third-order valence-electron chi connectivity index (χ3n) is 6.01. The molecule has 0 saturated heterocycles. The standard InChI is InChI=1S/C29H37N5O3S/c1-19(2)27(28(36)32-23-10-12-24(13-11-23)33(5)6)34(17-22-8-14-25(37-7)15-9-22)26(35)18-38-29-30-20(3)16-21(4)31-29/h8-16,19,27H,17-18H2,1-7H3,(H,32,36)/t27-/m0/s1. The smallest absolute Gasteiger partial charge is 0.247 e. The summed E-state index contributed by atoms with van der Waals surface area (Å²) in [5.41, 5.74) is 4.32. The van der Waals surface area contributed by atoms with Crippen molar-refractivity contribution >= 4 is 35.0 Å². The Hall–Kier alpha value is -3.59. The van der Waals surface area contributed by atoms with E-state index in [-0.39, 0.29) is 30.0 Å². The molecule has 2 aromatic carbocycles. The zero-order valence-corrected chi connectivity index (χ0v) is 24.0. The molecule has 0 saturated carbocycles. The number of aryl methyl sites for hydroxylation is 2. The molecule has 0 aliphatic rings. The highest BCUT2D eigenvalue weighted by Gasteiger charge is 2.33. The minimum atomic E-state index is -0.682. The highest BCUT2D eigenvalue weighted by Crippen LogP contribution is 2.23. The lowest BCUT2D eigenvalue weighted by atomic mass is 10.00. The van der Waals surface area contributed by atoms with Gasteiger partial charge in [0.25, 0.3) is 0 Å². The number of nitrogens with one attached hydrogen (secondary N) is 1. The first-order valence-corrected chi connectivity index (χ1v) is 13.5. The summed E-state index contributed by atoms with van der Waals surface area (Å²) < 4.78 is 5.28. The van der Waals surface area contributed by atoms with Gasteiger partial charge in [-0.3, -0.25) is 9.59 Å². The van der Waals surface area contributed by atoms with Crippen LogP contribution in [0.15, 0.2) is 59.8 Å². The maximum absolute atomic E-state index is 13.7. The lowest BCUT2D eigenvalue weighted by molar-refractivity contribution is -0.138. The molecule has 1 heterocycles. The topological polar surface area (TPSA) is 87.7 Å². The minimum absolute atomic E-state index is 0.118. The molecule has 1 atom stereocenters. The molecule has 8 nitrogen and oxygen atoms in total. The van der Waals surface area contributed by atoms with Crippen LogP contribution >= 0.6 is 11.8 Å². The van der Waals surface area contributed by atoms with Gasteiger partial charge < -0.3 is 19.9 Å². The molecule has 0 spiro atoms. The van der Waals surface area contributed by atoms with Gasteiger partial charge in [-0.2, -0.15) is 0 Å². The molecule has 1 aromatic heterocycles. The van der Waals surface area contributed by atoms with Gasteiger partial charge in [0.2, 0.25) is 11.8 Å². The van der Waals surface area contributed by atoms with Gasteiger partial charge in [-0.1, -0.05) is 37.7 Å². The fourth-order valence-electron chi connectivity index (χ4n) is 4.10. The second-order valence-corrected chi connectivity index (χ2v) is 10.7. The summed E-state index contributed by atoms with van der Waals surface area (Å²) >= 11 is 1.28. The zero-order chi connectivity index (χ0) is 27.8. The molecular formula is C29H37N5O3S. The minimum Gasteiger partial charge on any atom is -0.497 e. The summed E-state index contributed by atoms with van der Waals surface area (Å²) in [7, 11) is 5.54. The molecule has 2 amide bonds. The van der Waals surface area contributed by atoms with Gasteiger partial charge in [0.1, 0.15) is 11.8 Å². The van der Waals surface area contributed by atoms with E-state index in [1.54, 1.807) is 12.0 Å². The summed E-state index contributed by atoms with van der Waals surface area (Å²) in [6.45, 7) is 8.00. The number of nitrogens with zero attached hydrogens (tertiary/aromatic N) is 4. The quantitative estimate of drug-likeness (QED) is 0.274. The fourth-order valence-corrected chi connectivity index (χ4v) is 4.94. The molecule has 3 rings (SSSR count). The number of methoxy groups -OCH3 is 1. The summed E-state index contributed by atoms with van der Waals surface area (Å²) in [5, 5.41) is 3.56. The first kappa shape index (κ1) is 29.0. The normalized spacial score (nSPS) is 11.7. The van der Waals surface area contributed by atoms with Gasteiger partial charge in [-0.05, 0) is 67.8 Å². The van der Waals surface area contributed by atoms with E-state index in [1.165, 1.54) is 11.8 Å². The number of amides is 2. The van der Waals surface area contributed by atoms with Crippen LogP contribution in [0, 0.1) is 19.8 Å². The van der Waals surface area contributed by atoms with E-state index in [2.05, 4.69) is 15.3 Å². The van der Waals surface area contributed by atoms with Crippen LogP contribution < -0.4 is 15.0 Å². The molecule has 38 heavy (non-hydrogen) atoms. The molecule has 0 unspecified atom stereocenters. The Morgan fingerprint density at radius 1 is 0.974 bits per heavy atom. The predicted molar refractivity (Wildman–Crippen MR) is 154 cm³/mol. The SMILES string of the molecule is COc1ccc(CN(C(=O)CSc2nc(C)cc(C)n2)[C@H](C(=O)Nc2ccc(N(C)C)cc2)C(C)C)cc1. The second-order valence-electron chi connectivity index (χ2n) is 9.71. The molecule has 0 bridgehead atoms. The molecule has 202 valence electrons. The number of aromatic nitrogens is 2. The first-order chi connectivity index (χ1) is 18.1. The van der Waals surface area contributed by atoms with E-state index >= 15 is 0 Å². The van der Waals surface area contributed by atoms with Gasteiger partial charge in [-0.15, -0.1) is 0 Å². The maximum Gasteiger partial charge on any atom is 0.247 e. The van der Waals surface area contributed by atoms with Crippen LogP contribution in [0.4, 0.5) is 11.4 Å². The summed E-state index contributed by atoms with van der Waals surface area (Å²) in [4.78, 5) is 39.8. The van der Waals surface area contributed by atoms with Crippen LogP contribution in [0.25, 0.3) is 0 Å².